The first-order chi connectivity index (χ1) is 14.8. The fourth-order valence-electron chi connectivity index (χ4n) is 3.69. The Kier molecular flexibility index (Phi) is 7.73. The topological polar surface area (TPSA) is 72.9 Å². The van der Waals surface area contributed by atoms with Crippen LogP contribution in [0.25, 0.3) is 0 Å². The standard InChI is InChI=1S/C24H31NO5S/c1-18(2)20-6-10-23(11-7-20)31(27,28)25-15-12-21(13-16-25)24(26)30-17-14-19-4-8-22(29-3)9-5-19/h4-11,18,21H,12-17H2,1-3H3. The van der Waals surface area contributed by atoms with E-state index in [4.69, 9.17) is 9.47 Å². The lowest BCUT2D eigenvalue weighted by atomic mass is 9.98. The maximum Gasteiger partial charge on any atom is 0.309 e. The Balaban J connectivity index is 1.48. The van der Waals surface area contributed by atoms with Crippen molar-refractivity contribution in [2.24, 2.45) is 5.92 Å². The van der Waals surface area contributed by atoms with Gasteiger partial charge in [0.05, 0.1) is 24.5 Å². The predicted octanol–water partition coefficient (Wildman–Crippen LogP) is 4.01. The molecule has 1 fully saturated rings. The van der Waals surface area contributed by atoms with E-state index in [0.29, 0.717) is 49.8 Å². The van der Waals surface area contributed by atoms with Gasteiger partial charge in [-0.1, -0.05) is 38.1 Å². The van der Waals surface area contributed by atoms with E-state index in [0.717, 1.165) is 16.9 Å². The molecule has 168 valence electrons. The molecule has 0 N–H and O–H groups in total. The molecule has 1 heterocycles. The van der Waals surface area contributed by atoms with Gasteiger partial charge in [-0.2, -0.15) is 4.31 Å². The molecule has 1 aliphatic rings. The number of hydrogen-bond donors (Lipinski definition) is 0. The Morgan fingerprint density at radius 1 is 1.03 bits per heavy atom. The summed E-state index contributed by atoms with van der Waals surface area (Å²) in [6, 6.07) is 14.7. The number of ether oxygens (including phenoxy) is 2. The molecular weight excluding hydrogens is 414 g/mol. The van der Waals surface area contributed by atoms with E-state index < -0.39 is 10.0 Å². The zero-order chi connectivity index (χ0) is 22.4. The predicted molar refractivity (Wildman–Crippen MR) is 120 cm³/mol. The SMILES string of the molecule is COc1ccc(CCOC(=O)C2CCN(S(=O)(=O)c3ccc(C(C)C)cc3)CC2)cc1. The second kappa shape index (κ2) is 10.3. The maximum absolute atomic E-state index is 12.9. The van der Waals surface area contributed by atoms with Gasteiger partial charge in [0.1, 0.15) is 5.75 Å². The third kappa shape index (κ3) is 5.86. The van der Waals surface area contributed by atoms with Crippen LogP contribution in [0.3, 0.4) is 0 Å². The third-order valence-corrected chi connectivity index (χ3v) is 7.68. The Bertz CT molecular complexity index is 960. The highest BCUT2D eigenvalue weighted by Gasteiger charge is 2.32. The van der Waals surface area contributed by atoms with Crippen molar-refractivity contribution in [3.63, 3.8) is 0 Å². The molecule has 1 saturated heterocycles. The smallest absolute Gasteiger partial charge is 0.309 e. The summed E-state index contributed by atoms with van der Waals surface area (Å²) in [5.74, 6) is 0.638. The van der Waals surface area contributed by atoms with Crippen LogP contribution >= 0.6 is 0 Å². The summed E-state index contributed by atoms with van der Waals surface area (Å²) in [5.41, 5.74) is 2.17. The van der Waals surface area contributed by atoms with E-state index in [9.17, 15) is 13.2 Å². The molecule has 31 heavy (non-hydrogen) atoms. The van der Waals surface area contributed by atoms with Crippen LogP contribution < -0.4 is 4.74 Å². The number of benzene rings is 2. The highest BCUT2D eigenvalue weighted by atomic mass is 32.2. The van der Waals surface area contributed by atoms with Crippen LogP contribution in [0, 0.1) is 5.92 Å². The van der Waals surface area contributed by atoms with Crippen molar-refractivity contribution in [1.82, 2.24) is 4.31 Å². The van der Waals surface area contributed by atoms with Gasteiger partial charge in [0, 0.05) is 19.5 Å². The number of methoxy groups -OCH3 is 1. The molecule has 0 amide bonds. The minimum absolute atomic E-state index is 0.244. The van der Waals surface area contributed by atoms with Gasteiger partial charge < -0.3 is 9.47 Å². The highest BCUT2D eigenvalue weighted by Crippen LogP contribution is 2.26. The van der Waals surface area contributed by atoms with Gasteiger partial charge >= 0.3 is 5.97 Å². The van der Waals surface area contributed by atoms with Gasteiger partial charge in [0.25, 0.3) is 0 Å². The molecule has 0 unspecified atom stereocenters. The molecule has 7 heteroatoms. The van der Waals surface area contributed by atoms with Gasteiger partial charge in [0.15, 0.2) is 0 Å². The van der Waals surface area contributed by atoms with Crippen LogP contribution in [0.1, 0.15) is 43.7 Å². The van der Waals surface area contributed by atoms with Crippen LogP contribution in [0.5, 0.6) is 5.75 Å². The number of piperidine rings is 1. The lowest BCUT2D eigenvalue weighted by Gasteiger charge is -2.30. The van der Waals surface area contributed by atoms with Crippen LogP contribution in [-0.2, 0) is 26.0 Å². The first-order valence-electron chi connectivity index (χ1n) is 10.7. The average molecular weight is 446 g/mol. The lowest BCUT2D eigenvalue weighted by molar-refractivity contribution is -0.149. The number of rotatable bonds is 8. The summed E-state index contributed by atoms with van der Waals surface area (Å²) in [6.07, 6.45) is 1.59. The third-order valence-electron chi connectivity index (χ3n) is 5.77. The van der Waals surface area contributed by atoms with E-state index in [1.807, 2.05) is 36.4 Å². The average Bonchev–Trinajstić information content (AvgIpc) is 2.79. The summed E-state index contributed by atoms with van der Waals surface area (Å²) >= 11 is 0. The van der Waals surface area contributed by atoms with Crippen LogP contribution in [0.15, 0.2) is 53.4 Å². The molecule has 0 spiro atoms. The molecule has 0 aromatic heterocycles. The van der Waals surface area contributed by atoms with Crippen LogP contribution in [0.2, 0.25) is 0 Å². The van der Waals surface area contributed by atoms with Crippen LogP contribution in [-0.4, -0.2) is 45.5 Å². The van der Waals surface area contributed by atoms with Crippen molar-refractivity contribution in [3.05, 3.63) is 59.7 Å². The molecule has 2 aromatic carbocycles. The normalized spacial score (nSPS) is 15.7. The first-order valence-corrected chi connectivity index (χ1v) is 12.1. The van der Waals surface area contributed by atoms with Crippen molar-refractivity contribution in [3.8, 4) is 5.75 Å². The molecule has 1 aliphatic heterocycles. The Labute approximate surface area is 185 Å². The van der Waals surface area contributed by atoms with E-state index in [-0.39, 0.29) is 11.9 Å². The molecule has 2 aromatic rings. The Morgan fingerprint density at radius 2 is 1.65 bits per heavy atom. The highest BCUT2D eigenvalue weighted by molar-refractivity contribution is 7.89. The largest absolute Gasteiger partial charge is 0.497 e. The molecule has 0 aliphatic carbocycles. The van der Waals surface area contributed by atoms with Crippen molar-refractivity contribution in [1.29, 1.82) is 0 Å². The molecule has 0 radical (unpaired) electrons. The number of carbonyl (C=O) groups excluding carboxylic acids is 1. The zero-order valence-electron chi connectivity index (χ0n) is 18.4. The van der Waals surface area contributed by atoms with Crippen molar-refractivity contribution in [2.75, 3.05) is 26.8 Å². The Hall–Kier alpha value is -2.38. The minimum atomic E-state index is -3.54. The monoisotopic (exact) mass is 445 g/mol. The Morgan fingerprint density at radius 3 is 2.19 bits per heavy atom. The summed E-state index contributed by atoms with van der Waals surface area (Å²) in [4.78, 5) is 12.7. The second-order valence-electron chi connectivity index (χ2n) is 8.17. The van der Waals surface area contributed by atoms with Crippen molar-refractivity contribution < 1.29 is 22.7 Å². The summed E-state index contributed by atoms with van der Waals surface area (Å²) < 4.78 is 37.9. The number of nitrogens with zero attached hydrogens (tertiary/aromatic N) is 1. The number of carbonyl (C=O) groups is 1. The number of hydrogen-bond acceptors (Lipinski definition) is 5. The maximum atomic E-state index is 12.9. The number of esters is 1. The molecule has 0 bridgehead atoms. The van der Waals surface area contributed by atoms with E-state index in [2.05, 4.69) is 13.8 Å². The summed E-state index contributed by atoms with van der Waals surface area (Å²) in [6.45, 7) is 5.11. The zero-order valence-corrected chi connectivity index (χ0v) is 19.2. The van der Waals surface area contributed by atoms with Crippen molar-refractivity contribution >= 4 is 16.0 Å². The molecular formula is C24H31NO5S. The first kappa shape index (κ1) is 23.3. The van der Waals surface area contributed by atoms with Crippen molar-refractivity contribution in [2.45, 2.75) is 43.9 Å². The molecule has 0 atom stereocenters. The van der Waals surface area contributed by atoms with Gasteiger partial charge in [-0.3, -0.25) is 4.79 Å². The minimum Gasteiger partial charge on any atom is -0.497 e. The fourth-order valence-corrected chi connectivity index (χ4v) is 5.15. The van der Waals surface area contributed by atoms with E-state index in [1.54, 1.807) is 19.2 Å². The van der Waals surface area contributed by atoms with Crippen LogP contribution in [0.4, 0.5) is 0 Å². The van der Waals surface area contributed by atoms with Gasteiger partial charge in [-0.15, -0.1) is 0 Å². The summed E-state index contributed by atoms with van der Waals surface area (Å²) in [7, 11) is -1.92. The number of sulfonamides is 1. The van der Waals surface area contributed by atoms with Gasteiger partial charge in [-0.25, -0.2) is 8.42 Å². The molecule has 0 saturated carbocycles. The summed E-state index contributed by atoms with van der Waals surface area (Å²) in [5, 5.41) is 0. The second-order valence-corrected chi connectivity index (χ2v) is 10.1. The lowest BCUT2D eigenvalue weighted by Crippen LogP contribution is -2.40. The van der Waals surface area contributed by atoms with Gasteiger partial charge in [-0.05, 0) is 54.2 Å². The van der Waals surface area contributed by atoms with E-state index >= 15 is 0 Å². The fraction of sp³-hybridized carbons (Fsp3) is 0.458. The molecule has 6 nitrogen and oxygen atoms in total. The molecule has 3 rings (SSSR count). The van der Waals surface area contributed by atoms with E-state index in [1.165, 1.54) is 4.31 Å². The van der Waals surface area contributed by atoms with Gasteiger partial charge in [0.2, 0.25) is 10.0 Å². The quantitative estimate of drug-likeness (QED) is 0.574.